The molecule has 49 heavy (non-hydrogen) atoms. The number of ether oxygens (including phenoxy) is 1. The van der Waals surface area contributed by atoms with E-state index in [4.69, 9.17) is 14.8 Å². The first-order valence-corrected chi connectivity index (χ1v) is 16.9. The smallest absolute Gasteiger partial charge is 0.246 e. The molecular weight excluding hydrogens is 626 g/mol. The van der Waals surface area contributed by atoms with Gasteiger partial charge in [-0.3, -0.25) is 14.2 Å². The molecule has 2 aromatic carbocycles. The Hall–Kier alpha value is -4.90. The van der Waals surface area contributed by atoms with E-state index >= 15 is 4.39 Å². The summed E-state index contributed by atoms with van der Waals surface area (Å²) in [6.07, 6.45) is 3.49. The van der Waals surface area contributed by atoms with Crippen molar-refractivity contribution >= 4 is 16.8 Å². The van der Waals surface area contributed by atoms with E-state index in [2.05, 4.69) is 29.9 Å². The highest BCUT2D eigenvalue weighted by atomic mass is 19.1. The second-order valence-corrected chi connectivity index (χ2v) is 13.7. The molecule has 5 aromatic rings. The predicted molar refractivity (Wildman–Crippen MR) is 182 cm³/mol. The number of nitrogens with zero attached hydrogens (tertiary/aromatic N) is 6. The Balaban J connectivity index is 1.39. The number of benzene rings is 2. The molecule has 11 heteroatoms. The number of rotatable bonds is 6. The van der Waals surface area contributed by atoms with Crippen LogP contribution in [-0.4, -0.2) is 59.2 Å². The number of aliphatic hydroxyl groups is 1. The summed E-state index contributed by atoms with van der Waals surface area (Å²) in [6, 6.07) is 9.82. The Morgan fingerprint density at radius 1 is 1.04 bits per heavy atom. The Morgan fingerprint density at radius 3 is 2.57 bits per heavy atom. The lowest BCUT2D eigenvalue weighted by Crippen LogP contribution is -2.42. The van der Waals surface area contributed by atoms with Crippen LogP contribution in [0.4, 0.5) is 8.78 Å². The molecule has 252 valence electrons. The minimum Gasteiger partial charge on any atom is -0.489 e. The van der Waals surface area contributed by atoms with Gasteiger partial charge in [0.15, 0.2) is 0 Å². The topological polar surface area (TPSA) is 98.3 Å². The molecule has 3 aromatic heterocycles. The highest BCUT2D eigenvalue weighted by Gasteiger charge is 2.36. The zero-order valence-corrected chi connectivity index (χ0v) is 28.0. The van der Waals surface area contributed by atoms with Crippen molar-refractivity contribution in [3.05, 3.63) is 83.2 Å². The van der Waals surface area contributed by atoms with Gasteiger partial charge in [0.25, 0.3) is 0 Å². The Bertz CT molecular complexity index is 2180. The summed E-state index contributed by atoms with van der Waals surface area (Å²) in [5, 5.41) is 20.7. The van der Waals surface area contributed by atoms with Crippen LogP contribution in [0, 0.1) is 18.6 Å². The first-order chi connectivity index (χ1) is 23.5. The number of aromatic nitrogens is 5. The number of carbonyl (C=O) groups is 1. The molecule has 1 fully saturated rings. The van der Waals surface area contributed by atoms with E-state index in [0.29, 0.717) is 42.8 Å². The van der Waals surface area contributed by atoms with Gasteiger partial charge in [0.2, 0.25) is 5.91 Å². The van der Waals surface area contributed by atoms with Crippen molar-refractivity contribution in [2.45, 2.75) is 77.2 Å². The third-order valence-corrected chi connectivity index (χ3v) is 10.4. The van der Waals surface area contributed by atoms with Crippen molar-refractivity contribution in [2.24, 2.45) is 7.05 Å². The van der Waals surface area contributed by atoms with Crippen LogP contribution in [0.1, 0.15) is 67.7 Å². The molecule has 0 spiro atoms. The van der Waals surface area contributed by atoms with E-state index in [-0.39, 0.29) is 35.4 Å². The largest absolute Gasteiger partial charge is 0.489 e. The minimum atomic E-state index is -0.750. The van der Waals surface area contributed by atoms with Crippen molar-refractivity contribution in [2.75, 3.05) is 6.54 Å². The van der Waals surface area contributed by atoms with Gasteiger partial charge in [-0.2, -0.15) is 10.2 Å². The van der Waals surface area contributed by atoms with E-state index in [9.17, 15) is 14.3 Å². The summed E-state index contributed by atoms with van der Waals surface area (Å²) < 4.78 is 41.1. The van der Waals surface area contributed by atoms with Crippen LogP contribution in [0.5, 0.6) is 5.75 Å². The molecule has 3 aliphatic rings. The average Bonchev–Trinajstić information content (AvgIpc) is 3.79. The van der Waals surface area contributed by atoms with Crippen LogP contribution in [0.3, 0.4) is 0 Å². The Morgan fingerprint density at radius 2 is 1.82 bits per heavy atom. The van der Waals surface area contributed by atoms with Crippen molar-refractivity contribution in [1.29, 1.82) is 0 Å². The normalized spacial score (nSPS) is 21.4. The van der Waals surface area contributed by atoms with Gasteiger partial charge >= 0.3 is 0 Å². The summed E-state index contributed by atoms with van der Waals surface area (Å²) in [5.41, 5.74) is 8.05. The summed E-state index contributed by atoms with van der Waals surface area (Å²) in [7, 11) is 1.92. The lowest BCUT2D eigenvalue weighted by molar-refractivity contribution is -0.129. The fourth-order valence-electron chi connectivity index (χ4n) is 7.90. The van der Waals surface area contributed by atoms with Crippen LogP contribution in [0.15, 0.2) is 49.1 Å². The third kappa shape index (κ3) is 5.05. The van der Waals surface area contributed by atoms with E-state index in [1.807, 2.05) is 43.2 Å². The van der Waals surface area contributed by atoms with E-state index in [1.54, 1.807) is 4.90 Å². The zero-order valence-electron chi connectivity index (χ0n) is 28.0. The summed E-state index contributed by atoms with van der Waals surface area (Å²) >= 11 is 0. The number of carbonyl (C=O) groups excluding carboxylic acids is 1. The molecule has 1 N–H and O–H groups in total. The van der Waals surface area contributed by atoms with Gasteiger partial charge in [-0.05, 0) is 69.4 Å². The van der Waals surface area contributed by atoms with Gasteiger partial charge in [0, 0.05) is 55.1 Å². The summed E-state index contributed by atoms with van der Waals surface area (Å²) in [5.74, 6) is -1.57. The summed E-state index contributed by atoms with van der Waals surface area (Å²) in [6.45, 7) is 10.1. The molecule has 2 atom stereocenters. The average molecular weight is 665 g/mol. The van der Waals surface area contributed by atoms with E-state index in [0.717, 1.165) is 63.6 Å². The molecule has 1 aliphatic heterocycles. The second kappa shape index (κ2) is 11.6. The number of aliphatic hydroxyl groups excluding tert-OH is 1. The van der Waals surface area contributed by atoms with Gasteiger partial charge in [-0.1, -0.05) is 18.7 Å². The molecule has 2 aliphatic carbocycles. The van der Waals surface area contributed by atoms with Crippen LogP contribution < -0.4 is 4.74 Å². The first-order valence-electron chi connectivity index (χ1n) is 16.9. The Kier molecular flexibility index (Phi) is 7.44. The molecule has 0 bridgehead atoms. The lowest BCUT2D eigenvalue weighted by Gasteiger charge is -2.36. The molecule has 0 saturated heterocycles. The van der Waals surface area contributed by atoms with Crippen LogP contribution in [0.25, 0.3) is 44.7 Å². The number of amides is 1. The molecule has 9 nitrogen and oxygen atoms in total. The van der Waals surface area contributed by atoms with Gasteiger partial charge in [0.1, 0.15) is 29.2 Å². The maximum absolute atomic E-state index is 16.3. The molecule has 0 unspecified atom stereocenters. The van der Waals surface area contributed by atoms with Crippen molar-refractivity contribution in [1.82, 2.24) is 29.4 Å². The molecule has 1 amide bonds. The van der Waals surface area contributed by atoms with E-state index in [1.165, 1.54) is 12.1 Å². The number of aryl methyl sites for hydroxylation is 2. The number of hydrogen-bond acceptors (Lipinski definition) is 6. The predicted octanol–water partition coefficient (Wildman–Crippen LogP) is 6.79. The first kappa shape index (κ1) is 31.4. The number of hydrogen-bond donors (Lipinski definition) is 1. The van der Waals surface area contributed by atoms with Crippen LogP contribution >= 0.6 is 0 Å². The monoisotopic (exact) mass is 664 g/mol. The number of halogens is 2. The molecule has 4 heterocycles. The fraction of sp³-hybridized carbons (Fsp3) is 0.368. The number of fused-ring (bicyclic) bond motifs is 3. The molecule has 0 radical (unpaired) electrons. The second-order valence-electron chi connectivity index (χ2n) is 13.7. The summed E-state index contributed by atoms with van der Waals surface area (Å²) in [4.78, 5) is 19.9. The zero-order chi connectivity index (χ0) is 34.3. The highest BCUT2D eigenvalue weighted by molar-refractivity contribution is 5.92. The molecule has 1 saturated carbocycles. The van der Waals surface area contributed by atoms with Gasteiger partial charge in [-0.25, -0.2) is 13.8 Å². The molecule has 8 rings (SSSR count). The number of pyridine rings is 1. The standard InChI is InChI=1S/C38H38F2N6O3/c1-6-34(48)45-18-19(2)46-31(21(45)4)17-30(43-46)38-35(36-29(40)13-23(39)14-33(36)49-25-15-24(47)16-25)27-8-7-9-28(27)37(41-38)22-10-11-26-20(3)42-44(5)32(26)12-22/h6,10-14,17,19,21,24-25,47H,1,7-9,15-16,18H2,2-5H3/t19-,21+,24?,25?/m0/s1. The minimum absolute atomic E-state index is 0.0829. The van der Waals surface area contributed by atoms with Crippen molar-refractivity contribution in [3.8, 4) is 39.5 Å². The third-order valence-electron chi connectivity index (χ3n) is 10.4. The molecular formula is C38H38F2N6O3. The van der Waals surface area contributed by atoms with E-state index < -0.39 is 17.7 Å². The highest BCUT2D eigenvalue weighted by Crippen LogP contribution is 2.48. The Labute approximate surface area is 282 Å². The van der Waals surface area contributed by atoms with Gasteiger partial charge < -0.3 is 14.7 Å². The quantitative estimate of drug-likeness (QED) is 0.201. The SMILES string of the molecule is C=CC(=O)N1C[C@H](C)n2nc(-c3nc(-c4ccc5c(C)nn(C)c5c4)c4c(c3-c3c(F)cc(F)cc3OC3CC(O)C3)CCC4)cc2[C@H]1C. The lowest BCUT2D eigenvalue weighted by atomic mass is 9.89. The van der Waals surface area contributed by atoms with Crippen molar-refractivity contribution in [3.63, 3.8) is 0 Å². The van der Waals surface area contributed by atoms with Crippen LogP contribution in [-0.2, 0) is 24.7 Å². The van der Waals surface area contributed by atoms with Crippen molar-refractivity contribution < 1.29 is 23.4 Å². The fourth-order valence-corrected chi connectivity index (χ4v) is 7.90. The maximum Gasteiger partial charge on any atom is 0.246 e. The van der Waals surface area contributed by atoms with Gasteiger partial charge in [-0.15, -0.1) is 0 Å². The van der Waals surface area contributed by atoms with Crippen LogP contribution in [0.2, 0.25) is 0 Å². The maximum atomic E-state index is 16.3. The van der Waals surface area contributed by atoms with Gasteiger partial charge in [0.05, 0.1) is 52.0 Å².